The highest BCUT2D eigenvalue weighted by atomic mass is 32.1. The Bertz CT molecular complexity index is 902. The molecular formula is C17H18N4O2S2. The monoisotopic (exact) mass is 374 g/mol. The molecule has 3 N–H and O–H groups in total. The Kier molecular flexibility index (Phi) is 5.12. The van der Waals surface area contributed by atoms with Gasteiger partial charge in [0.2, 0.25) is 5.91 Å². The first-order valence-corrected chi connectivity index (χ1v) is 9.38. The average molecular weight is 374 g/mol. The lowest BCUT2D eigenvalue weighted by Gasteiger charge is -2.07. The second-order valence-corrected chi connectivity index (χ2v) is 7.44. The van der Waals surface area contributed by atoms with Gasteiger partial charge < -0.3 is 15.7 Å². The molecule has 2 heterocycles. The number of hydrogen-bond acceptors (Lipinski definition) is 7. The van der Waals surface area contributed by atoms with Crippen LogP contribution in [0.2, 0.25) is 0 Å². The van der Waals surface area contributed by atoms with E-state index in [1.807, 2.05) is 36.6 Å². The van der Waals surface area contributed by atoms with E-state index >= 15 is 0 Å². The van der Waals surface area contributed by atoms with E-state index in [9.17, 15) is 9.90 Å². The molecule has 3 aromatic rings. The van der Waals surface area contributed by atoms with Crippen molar-refractivity contribution < 1.29 is 9.90 Å². The van der Waals surface area contributed by atoms with Crippen LogP contribution in [0.15, 0.2) is 29.6 Å². The molecule has 1 aromatic carbocycles. The zero-order valence-electron chi connectivity index (χ0n) is 14.0. The summed E-state index contributed by atoms with van der Waals surface area (Å²) in [6.07, 6.45) is -0.513. The Labute approximate surface area is 153 Å². The molecular weight excluding hydrogens is 356 g/mol. The fourth-order valence-corrected chi connectivity index (χ4v) is 4.04. The number of hydrogen-bond donors (Lipinski definition) is 3. The molecule has 6 nitrogen and oxygen atoms in total. The Morgan fingerprint density at radius 1 is 1.28 bits per heavy atom. The summed E-state index contributed by atoms with van der Waals surface area (Å²) in [5.41, 5.74) is 3.38. The van der Waals surface area contributed by atoms with Gasteiger partial charge >= 0.3 is 0 Å². The summed E-state index contributed by atoms with van der Waals surface area (Å²) < 4.78 is 0. The van der Waals surface area contributed by atoms with E-state index < -0.39 is 6.10 Å². The van der Waals surface area contributed by atoms with Crippen molar-refractivity contribution in [1.82, 2.24) is 9.97 Å². The highest BCUT2D eigenvalue weighted by Crippen LogP contribution is 2.35. The van der Waals surface area contributed by atoms with Crippen LogP contribution >= 0.6 is 22.7 Å². The number of aromatic nitrogens is 2. The van der Waals surface area contributed by atoms with Gasteiger partial charge in [-0.2, -0.15) is 0 Å². The number of anilines is 3. The quantitative estimate of drug-likeness (QED) is 0.619. The van der Waals surface area contributed by atoms with Crippen molar-refractivity contribution >= 4 is 44.5 Å². The highest BCUT2D eigenvalue weighted by molar-refractivity contribution is 7.20. The van der Waals surface area contributed by atoms with Gasteiger partial charge in [0.1, 0.15) is 0 Å². The molecule has 0 fully saturated rings. The van der Waals surface area contributed by atoms with Crippen LogP contribution in [0.1, 0.15) is 31.2 Å². The second-order valence-electron chi connectivity index (χ2n) is 5.58. The summed E-state index contributed by atoms with van der Waals surface area (Å²) in [5, 5.41) is 18.9. The number of carbonyl (C=O) groups is 1. The first-order valence-electron chi connectivity index (χ1n) is 7.68. The van der Waals surface area contributed by atoms with Gasteiger partial charge in [-0.3, -0.25) is 4.79 Å². The molecule has 0 aliphatic rings. The summed E-state index contributed by atoms with van der Waals surface area (Å²) in [6.45, 7) is 5.10. The average Bonchev–Trinajstić information content (AvgIpc) is 3.13. The molecule has 1 unspecified atom stereocenters. The molecule has 25 heavy (non-hydrogen) atoms. The maximum atomic E-state index is 11.2. The predicted octanol–water partition coefficient (Wildman–Crippen LogP) is 4.33. The molecule has 1 amide bonds. The number of aliphatic hydroxyl groups excluding tert-OH is 1. The van der Waals surface area contributed by atoms with Crippen LogP contribution in [0.25, 0.3) is 10.6 Å². The summed E-state index contributed by atoms with van der Waals surface area (Å²) in [4.78, 5) is 21.1. The van der Waals surface area contributed by atoms with Crippen LogP contribution in [0.4, 0.5) is 16.0 Å². The van der Waals surface area contributed by atoms with E-state index in [4.69, 9.17) is 0 Å². The van der Waals surface area contributed by atoms with Gasteiger partial charge in [-0.15, -0.1) is 11.3 Å². The third kappa shape index (κ3) is 4.22. The van der Waals surface area contributed by atoms with Crippen molar-refractivity contribution in [3.05, 3.63) is 40.9 Å². The van der Waals surface area contributed by atoms with Gasteiger partial charge in [-0.25, -0.2) is 9.97 Å². The number of benzene rings is 1. The molecule has 0 aliphatic carbocycles. The van der Waals surface area contributed by atoms with E-state index in [-0.39, 0.29) is 5.91 Å². The zero-order chi connectivity index (χ0) is 18.0. The van der Waals surface area contributed by atoms with Crippen LogP contribution in [-0.4, -0.2) is 21.0 Å². The molecule has 0 spiro atoms. The molecule has 0 saturated carbocycles. The highest BCUT2D eigenvalue weighted by Gasteiger charge is 2.14. The number of nitrogens with one attached hydrogen (secondary N) is 2. The molecule has 8 heteroatoms. The molecule has 0 bridgehead atoms. The summed E-state index contributed by atoms with van der Waals surface area (Å²) >= 11 is 2.90. The summed E-state index contributed by atoms with van der Waals surface area (Å²) in [7, 11) is 0. The second kappa shape index (κ2) is 7.30. The fraction of sp³-hybridized carbons (Fsp3) is 0.235. The third-order valence-corrected chi connectivity index (χ3v) is 5.29. The van der Waals surface area contributed by atoms with Gasteiger partial charge in [0.15, 0.2) is 10.3 Å². The van der Waals surface area contributed by atoms with Crippen molar-refractivity contribution in [3.63, 3.8) is 0 Å². The van der Waals surface area contributed by atoms with E-state index in [1.165, 1.54) is 29.6 Å². The lowest BCUT2D eigenvalue weighted by atomic mass is 10.1. The first-order chi connectivity index (χ1) is 11.9. The SMILES string of the molecule is CC(=O)Nc1nc(C)c(-c2csc(Nc3cccc(C(C)O)c3)n2)s1. The van der Waals surface area contributed by atoms with Gasteiger partial charge in [0.05, 0.1) is 22.4 Å². The van der Waals surface area contributed by atoms with Crippen molar-refractivity contribution in [2.45, 2.75) is 26.9 Å². The normalized spacial score (nSPS) is 12.0. The number of aliphatic hydroxyl groups is 1. The zero-order valence-corrected chi connectivity index (χ0v) is 15.7. The Morgan fingerprint density at radius 3 is 2.80 bits per heavy atom. The van der Waals surface area contributed by atoms with Crippen LogP contribution < -0.4 is 10.6 Å². The van der Waals surface area contributed by atoms with Gasteiger partial charge in [0, 0.05) is 18.0 Å². The third-order valence-electron chi connectivity index (χ3n) is 3.44. The Hall–Kier alpha value is -2.29. The number of amides is 1. The van der Waals surface area contributed by atoms with Gasteiger partial charge in [-0.05, 0) is 31.5 Å². The summed E-state index contributed by atoms with van der Waals surface area (Å²) in [6, 6.07) is 7.61. The Morgan fingerprint density at radius 2 is 2.08 bits per heavy atom. The van der Waals surface area contributed by atoms with E-state index in [0.29, 0.717) is 5.13 Å². The minimum absolute atomic E-state index is 0.140. The molecule has 0 radical (unpaired) electrons. The van der Waals surface area contributed by atoms with Crippen LogP contribution in [0, 0.1) is 6.92 Å². The van der Waals surface area contributed by atoms with Crippen LogP contribution in [0.3, 0.4) is 0 Å². The predicted molar refractivity (Wildman–Crippen MR) is 103 cm³/mol. The number of nitrogens with zero attached hydrogens (tertiary/aromatic N) is 2. The number of aryl methyl sites for hydroxylation is 1. The van der Waals surface area contributed by atoms with E-state index in [1.54, 1.807) is 6.92 Å². The fourth-order valence-electron chi connectivity index (χ4n) is 2.27. The topological polar surface area (TPSA) is 87.1 Å². The Balaban J connectivity index is 1.80. The van der Waals surface area contributed by atoms with Crippen molar-refractivity contribution in [3.8, 4) is 10.6 Å². The van der Waals surface area contributed by atoms with E-state index in [0.717, 1.165) is 32.6 Å². The lowest BCUT2D eigenvalue weighted by Crippen LogP contribution is -2.04. The van der Waals surface area contributed by atoms with Crippen molar-refractivity contribution in [2.24, 2.45) is 0 Å². The lowest BCUT2D eigenvalue weighted by molar-refractivity contribution is -0.114. The minimum Gasteiger partial charge on any atom is -0.389 e. The molecule has 0 saturated heterocycles. The maximum absolute atomic E-state index is 11.2. The van der Waals surface area contributed by atoms with Gasteiger partial charge in [0.25, 0.3) is 0 Å². The molecule has 1 atom stereocenters. The van der Waals surface area contributed by atoms with Crippen molar-refractivity contribution in [1.29, 1.82) is 0 Å². The van der Waals surface area contributed by atoms with Gasteiger partial charge in [-0.1, -0.05) is 23.5 Å². The standard InChI is InChI=1S/C17H18N4O2S2/c1-9-15(25-17(18-9)19-11(3)23)14-8-24-16(21-14)20-13-6-4-5-12(7-13)10(2)22/h4-8,10,22H,1-3H3,(H,20,21)(H,18,19,23). The minimum atomic E-state index is -0.513. The largest absolute Gasteiger partial charge is 0.389 e. The number of rotatable bonds is 5. The summed E-state index contributed by atoms with van der Waals surface area (Å²) in [5.74, 6) is -0.140. The maximum Gasteiger partial charge on any atom is 0.223 e. The number of thiazole rings is 2. The molecule has 3 rings (SSSR count). The van der Waals surface area contributed by atoms with Crippen LogP contribution in [-0.2, 0) is 4.79 Å². The molecule has 2 aromatic heterocycles. The van der Waals surface area contributed by atoms with Crippen molar-refractivity contribution in [2.75, 3.05) is 10.6 Å². The van der Waals surface area contributed by atoms with Crippen LogP contribution in [0.5, 0.6) is 0 Å². The molecule has 0 aliphatic heterocycles. The molecule has 130 valence electrons. The first kappa shape index (κ1) is 17.5. The van der Waals surface area contributed by atoms with E-state index in [2.05, 4.69) is 20.6 Å². The number of carbonyl (C=O) groups excluding carboxylic acids is 1. The smallest absolute Gasteiger partial charge is 0.223 e.